The lowest BCUT2D eigenvalue weighted by Crippen LogP contribution is -2.01. The molecule has 0 saturated heterocycles. The highest BCUT2D eigenvalue weighted by Crippen LogP contribution is 2.27. The summed E-state index contributed by atoms with van der Waals surface area (Å²) in [4.78, 5) is 12.3. The Hall–Kier alpha value is 0.260. The first kappa shape index (κ1) is 12.3. The molecule has 0 amide bonds. The minimum absolute atomic E-state index is 0.0132. The first-order chi connectivity index (χ1) is 6.54. The molecular formula is C10H10ClIOS. The van der Waals surface area contributed by atoms with Crippen molar-refractivity contribution in [2.75, 3.05) is 6.26 Å². The van der Waals surface area contributed by atoms with E-state index < -0.39 is 5.38 Å². The van der Waals surface area contributed by atoms with Crippen molar-refractivity contribution >= 4 is 51.7 Å². The summed E-state index contributed by atoms with van der Waals surface area (Å²) in [6.07, 6.45) is 2.01. The molecule has 0 spiro atoms. The molecule has 1 unspecified atom stereocenters. The molecule has 4 heteroatoms. The van der Waals surface area contributed by atoms with Crippen LogP contribution in [-0.4, -0.2) is 12.0 Å². The average molecular weight is 341 g/mol. The lowest BCUT2D eigenvalue weighted by molar-refractivity contribution is -0.116. The van der Waals surface area contributed by atoms with Crippen molar-refractivity contribution < 1.29 is 4.79 Å². The number of hydrogen-bond acceptors (Lipinski definition) is 2. The van der Waals surface area contributed by atoms with E-state index >= 15 is 0 Å². The molecule has 1 aromatic rings. The Kier molecular flexibility index (Phi) is 4.73. The molecule has 0 saturated carbocycles. The number of hydrogen-bond donors (Lipinski definition) is 0. The first-order valence-corrected chi connectivity index (χ1v) is 6.77. The molecule has 0 aliphatic carbocycles. The van der Waals surface area contributed by atoms with Crippen molar-refractivity contribution in [3.8, 4) is 0 Å². The van der Waals surface area contributed by atoms with E-state index in [1.165, 1.54) is 6.92 Å². The van der Waals surface area contributed by atoms with Gasteiger partial charge in [0, 0.05) is 8.47 Å². The second-order valence-electron chi connectivity index (χ2n) is 2.90. The Morgan fingerprint density at radius 1 is 1.50 bits per heavy atom. The van der Waals surface area contributed by atoms with Crippen LogP contribution in [0.25, 0.3) is 0 Å². The Bertz CT molecular complexity index is 354. The van der Waals surface area contributed by atoms with Crippen LogP contribution in [0.4, 0.5) is 0 Å². The Morgan fingerprint density at radius 2 is 2.14 bits per heavy atom. The van der Waals surface area contributed by atoms with Crippen molar-refractivity contribution in [3.05, 3.63) is 27.3 Å². The van der Waals surface area contributed by atoms with E-state index in [-0.39, 0.29) is 5.78 Å². The van der Waals surface area contributed by atoms with Gasteiger partial charge in [0.2, 0.25) is 0 Å². The monoisotopic (exact) mass is 340 g/mol. The Balaban J connectivity index is 3.08. The minimum atomic E-state index is -0.518. The quantitative estimate of drug-likeness (QED) is 0.472. The highest BCUT2D eigenvalue weighted by atomic mass is 127. The zero-order chi connectivity index (χ0) is 10.7. The van der Waals surface area contributed by atoms with Gasteiger partial charge in [-0.3, -0.25) is 4.79 Å². The lowest BCUT2D eigenvalue weighted by atomic mass is 10.1. The maximum Gasteiger partial charge on any atom is 0.152 e. The van der Waals surface area contributed by atoms with Crippen molar-refractivity contribution in [2.24, 2.45) is 0 Å². The average Bonchev–Trinajstić information content (AvgIpc) is 2.15. The van der Waals surface area contributed by atoms with E-state index in [4.69, 9.17) is 11.6 Å². The SMILES string of the molecule is CSc1cc(I)cc(C(Cl)C(C)=O)c1. The highest BCUT2D eigenvalue weighted by molar-refractivity contribution is 14.1. The van der Waals surface area contributed by atoms with E-state index in [9.17, 15) is 4.79 Å². The predicted octanol–water partition coefficient (Wildman–Crippen LogP) is 3.88. The molecule has 1 atom stereocenters. The molecule has 0 N–H and O–H groups in total. The zero-order valence-electron chi connectivity index (χ0n) is 7.88. The van der Waals surface area contributed by atoms with Gasteiger partial charge in [-0.05, 0) is 59.5 Å². The summed E-state index contributed by atoms with van der Waals surface area (Å²) in [5, 5.41) is -0.518. The predicted molar refractivity (Wildman–Crippen MR) is 70.2 cm³/mol. The number of alkyl halides is 1. The van der Waals surface area contributed by atoms with E-state index in [1.807, 2.05) is 18.4 Å². The topological polar surface area (TPSA) is 17.1 Å². The first-order valence-electron chi connectivity index (χ1n) is 4.03. The molecule has 1 rings (SSSR count). The second-order valence-corrected chi connectivity index (χ2v) is 5.46. The summed E-state index contributed by atoms with van der Waals surface area (Å²) < 4.78 is 1.11. The molecule has 1 aromatic carbocycles. The Morgan fingerprint density at radius 3 is 2.64 bits per heavy atom. The van der Waals surface area contributed by atoms with Gasteiger partial charge in [0.05, 0.1) is 0 Å². The van der Waals surface area contributed by atoms with Crippen LogP contribution >= 0.6 is 46.0 Å². The van der Waals surface area contributed by atoms with Gasteiger partial charge in [0.25, 0.3) is 0 Å². The summed E-state index contributed by atoms with van der Waals surface area (Å²) >= 11 is 9.86. The van der Waals surface area contributed by atoms with Gasteiger partial charge >= 0.3 is 0 Å². The summed E-state index contributed by atoms with van der Waals surface area (Å²) in [6, 6.07) is 5.98. The normalized spacial score (nSPS) is 12.6. The van der Waals surface area contributed by atoms with Crippen molar-refractivity contribution in [2.45, 2.75) is 17.2 Å². The van der Waals surface area contributed by atoms with Crippen LogP contribution in [0.2, 0.25) is 0 Å². The molecule has 0 aromatic heterocycles. The number of halogens is 2. The number of carbonyl (C=O) groups excluding carboxylic acids is 1. The van der Waals surface area contributed by atoms with Crippen LogP contribution in [0.3, 0.4) is 0 Å². The third-order valence-corrected chi connectivity index (χ3v) is 3.67. The molecule has 0 fully saturated rings. The fourth-order valence-electron chi connectivity index (χ4n) is 1.08. The largest absolute Gasteiger partial charge is 0.298 e. The number of thioether (sulfide) groups is 1. The Labute approximate surface area is 107 Å². The summed E-state index contributed by atoms with van der Waals surface area (Å²) in [7, 11) is 0. The zero-order valence-corrected chi connectivity index (χ0v) is 11.6. The number of carbonyl (C=O) groups is 1. The van der Waals surface area contributed by atoms with Crippen LogP contribution in [0.1, 0.15) is 17.9 Å². The summed E-state index contributed by atoms with van der Waals surface area (Å²) in [5.74, 6) is -0.0132. The van der Waals surface area contributed by atoms with Crippen LogP contribution in [-0.2, 0) is 4.79 Å². The summed E-state index contributed by atoms with van der Waals surface area (Å²) in [6.45, 7) is 1.51. The molecule has 14 heavy (non-hydrogen) atoms. The number of ketones is 1. The van der Waals surface area contributed by atoms with Crippen LogP contribution in [0.15, 0.2) is 23.1 Å². The van der Waals surface area contributed by atoms with E-state index in [0.717, 1.165) is 14.0 Å². The number of benzene rings is 1. The fourth-order valence-corrected chi connectivity index (χ4v) is 2.61. The molecule has 0 heterocycles. The molecule has 0 aliphatic heterocycles. The van der Waals surface area contributed by atoms with Crippen molar-refractivity contribution in [3.63, 3.8) is 0 Å². The van der Waals surface area contributed by atoms with Crippen LogP contribution < -0.4 is 0 Å². The number of Topliss-reactive ketones (excluding diaryl/α,β-unsaturated/α-hetero) is 1. The van der Waals surface area contributed by atoms with E-state index in [2.05, 4.69) is 28.7 Å². The van der Waals surface area contributed by atoms with Gasteiger partial charge in [-0.25, -0.2) is 0 Å². The minimum Gasteiger partial charge on any atom is -0.298 e. The maximum absolute atomic E-state index is 11.1. The molecule has 0 bridgehead atoms. The van der Waals surface area contributed by atoms with Crippen LogP contribution in [0.5, 0.6) is 0 Å². The molecule has 0 radical (unpaired) electrons. The third kappa shape index (κ3) is 3.14. The number of rotatable bonds is 3. The van der Waals surface area contributed by atoms with Crippen LogP contribution in [0, 0.1) is 3.57 Å². The van der Waals surface area contributed by atoms with Crippen molar-refractivity contribution in [1.82, 2.24) is 0 Å². The smallest absolute Gasteiger partial charge is 0.152 e. The van der Waals surface area contributed by atoms with Gasteiger partial charge in [-0.2, -0.15) is 0 Å². The van der Waals surface area contributed by atoms with Crippen molar-refractivity contribution in [1.29, 1.82) is 0 Å². The second kappa shape index (κ2) is 5.37. The summed E-state index contributed by atoms with van der Waals surface area (Å²) in [5.41, 5.74) is 0.885. The van der Waals surface area contributed by atoms with E-state index in [0.29, 0.717) is 0 Å². The molecule has 76 valence electrons. The van der Waals surface area contributed by atoms with E-state index in [1.54, 1.807) is 11.8 Å². The lowest BCUT2D eigenvalue weighted by Gasteiger charge is -2.08. The molecular weight excluding hydrogens is 331 g/mol. The molecule has 1 nitrogen and oxygen atoms in total. The van der Waals surface area contributed by atoms with Gasteiger partial charge in [0.1, 0.15) is 5.38 Å². The third-order valence-electron chi connectivity index (χ3n) is 1.78. The van der Waals surface area contributed by atoms with Gasteiger partial charge in [0.15, 0.2) is 5.78 Å². The molecule has 0 aliphatic rings. The highest BCUT2D eigenvalue weighted by Gasteiger charge is 2.13. The van der Waals surface area contributed by atoms with Gasteiger partial charge < -0.3 is 0 Å². The van der Waals surface area contributed by atoms with Gasteiger partial charge in [-0.1, -0.05) is 0 Å². The fraction of sp³-hybridized carbons (Fsp3) is 0.300. The van der Waals surface area contributed by atoms with Gasteiger partial charge in [-0.15, -0.1) is 23.4 Å². The maximum atomic E-state index is 11.1. The standard InChI is InChI=1S/C10H10ClIOS/c1-6(13)10(11)7-3-8(12)5-9(4-7)14-2/h3-5,10H,1-2H3.